The summed E-state index contributed by atoms with van der Waals surface area (Å²) in [5.74, 6) is 0.632. The maximum Gasteiger partial charge on any atom is 0.277 e. The van der Waals surface area contributed by atoms with Crippen molar-refractivity contribution < 1.29 is 13.7 Å². The average molecular weight is 300 g/mol. The fourth-order valence-corrected chi connectivity index (χ4v) is 2.41. The molecule has 6 heteroatoms. The molecule has 1 amide bonds. The number of aromatic nitrogens is 1. The van der Waals surface area contributed by atoms with Gasteiger partial charge in [-0.25, -0.2) is 0 Å². The van der Waals surface area contributed by atoms with Crippen molar-refractivity contribution in [2.75, 3.05) is 11.6 Å². The second-order valence-corrected chi connectivity index (χ2v) is 5.06. The van der Waals surface area contributed by atoms with Gasteiger partial charge in [0.25, 0.3) is 5.91 Å². The number of para-hydroxylation sites is 1. The molecule has 0 aliphatic carbocycles. The van der Waals surface area contributed by atoms with Gasteiger partial charge < -0.3 is 14.3 Å². The molecule has 0 spiro atoms. The van der Waals surface area contributed by atoms with Gasteiger partial charge >= 0.3 is 0 Å². The Labute approximate surface area is 125 Å². The van der Waals surface area contributed by atoms with E-state index in [-0.39, 0.29) is 11.6 Å². The lowest BCUT2D eigenvalue weighted by molar-refractivity contribution is 0.101. The Morgan fingerprint density at radius 3 is 2.81 bits per heavy atom. The third-order valence-electron chi connectivity index (χ3n) is 2.86. The standard InChI is InChI=1S/C15H12N2O3S/c1-21-14-7-3-2-5-10(14)16-15(18)11-9-13(20-17-11)12-6-4-8-19-12/h2-9H,1H3,(H,16,18). The highest BCUT2D eigenvalue weighted by molar-refractivity contribution is 7.98. The molecule has 21 heavy (non-hydrogen) atoms. The van der Waals surface area contributed by atoms with Gasteiger partial charge in [-0.05, 0) is 30.5 Å². The van der Waals surface area contributed by atoms with Gasteiger partial charge in [0.2, 0.25) is 5.76 Å². The average Bonchev–Trinajstić information content (AvgIpc) is 3.18. The van der Waals surface area contributed by atoms with Crippen LogP contribution in [-0.4, -0.2) is 17.3 Å². The molecule has 0 bridgehead atoms. The maximum atomic E-state index is 12.2. The lowest BCUT2D eigenvalue weighted by Crippen LogP contribution is -2.12. The van der Waals surface area contributed by atoms with Crippen molar-refractivity contribution in [1.29, 1.82) is 0 Å². The van der Waals surface area contributed by atoms with Gasteiger partial charge in [-0.1, -0.05) is 17.3 Å². The van der Waals surface area contributed by atoms with Crippen LogP contribution in [0.25, 0.3) is 11.5 Å². The Kier molecular flexibility index (Phi) is 3.79. The maximum absolute atomic E-state index is 12.2. The molecule has 0 fully saturated rings. The monoisotopic (exact) mass is 300 g/mol. The molecule has 106 valence electrons. The van der Waals surface area contributed by atoms with Crippen molar-refractivity contribution in [2.45, 2.75) is 4.90 Å². The largest absolute Gasteiger partial charge is 0.461 e. The second kappa shape index (κ2) is 5.88. The molecule has 2 heterocycles. The van der Waals surface area contributed by atoms with Gasteiger partial charge in [0.05, 0.1) is 12.0 Å². The number of benzene rings is 1. The second-order valence-electron chi connectivity index (χ2n) is 4.21. The molecule has 0 radical (unpaired) electrons. The van der Waals surface area contributed by atoms with Crippen LogP contribution >= 0.6 is 11.8 Å². The number of carbonyl (C=O) groups is 1. The molecule has 0 atom stereocenters. The highest BCUT2D eigenvalue weighted by Gasteiger charge is 2.16. The molecular formula is C15H12N2O3S. The zero-order valence-corrected chi connectivity index (χ0v) is 12.0. The highest BCUT2D eigenvalue weighted by atomic mass is 32.2. The van der Waals surface area contributed by atoms with E-state index in [9.17, 15) is 4.79 Å². The first kappa shape index (κ1) is 13.5. The first-order valence-electron chi connectivity index (χ1n) is 6.23. The molecule has 5 nitrogen and oxygen atoms in total. The number of anilines is 1. The molecule has 0 aliphatic rings. The molecular weight excluding hydrogens is 288 g/mol. The minimum absolute atomic E-state index is 0.206. The van der Waals surface area contributed by atoms with Gasteiger partial charge in [-0.3, -0.25) is 4.79 Å². The molecule has 3 aromatic rings. The van der Waals surface area contributed by atoms with Crippen molar-refractivity contribution in [3.63, 3.8) is 0 Å². The summed E-state index contributed by atoms with van der Waals surface area (Å²) in [6.45, 7) is 0. The van der Waals surface area contributed by atoms with E-state index in [0.29, 0.717) is 11.5 Å². The van der Waals surface area contributed by atoms with E-state index in [2.05, 4.69) is 10.5 Å². The van der Waals surface area contributed by atoms with Crippen LogP contribution in [0.15, 0.2) is 62.6 Å². The molecule has 2 aromatic heterocycles. The molecule has 0 aliphatic heterocycles. The van der Waals surface area contributed by atoms with Crippen LogP contribution in [0.4, 0.5) is 5.69 Å². The van der Waals surface area contributed by atoms with Crippen LogP contribution in [0.3, 0.4) is 0 Å². The molecule has 3 rings (SSSR count). The van der Waals surface area contributed by atoms with Crippen LogP contribution in [0, 0.1) is 0 Å². The van der Waals surface area contributed by atoms with E-state index in [0.717, 1.165) is 10.6 Å². The minimum Gasteiger partial charge on any atom is -0.461 e. The molecule has 1 aromatic carbocycles. The number of carbonyl (C=O) groups excluding carboxylic acids is 1. The predicted molar refractivity (Wildman–Crippen MR) is 80.4 cm³/mol. The van der Waals surface area contributed by atoms with Crippen molar-refractivity contribution in [3.05, 3.63) is 54.4 Å². The lowest BCUT2D eigenvalue weighted by atomic mass is 10.3. The third-order valence-corrected chi connectivity index (χ3v) is 3.66. The molecule has 0 saturated carbocycles. The van der Waals surface area contributed by atoms with E-state index in [1.807, 2.05) is 30.5 Å². The van der Waals surface area contributed by atoms with E-state index in [1.165, 1.54) is 6.26 Å². The Balaban J connectivity index is 1.80. The third kappa shape index (κ3) is 2.85. The molecule has 1 N–H and O–H groups in total. The number of furan rings is 1. The Hall–Kier alpha value is -2.47. The zero-order chi connectivity index (χ0) is 14.7. The van der Waals surface area contributed by atoms with Crippen molar-refractivity contribution in [2.24, 2.45) is 0 Å². The number of nitrogens with one attached hydrogen (secondary N) is 1. The van der Waals surface area contributed by atoms with Gasteiger partial charge in [0.1, 0.15) is 0 Å². The van der Waals surface area contributed by atoms with Gasteiger partial charge in [0, 0.05) is 11.0 Å². The van der Waals surface area contributed by atoms with Crippen molar-refractivity contribution in [1.82, 2.24) is 5.16 Å². The summed E-state index contributed by atoms with van der Waals surface area (Å²) in [7, 11) is 0. The molecule has 0 saturated heterocycles. The van der Waals surface area contributed by atoms with E-state index in [4.69, 9.17) is 8.94 Å². The number of hydrogen-bond acceptors (Lipinski definition) is 5. The fraction of sp³-hybridized carbons (Fsp3) is 0.0667. The smallest absolute Gasteiger partial charge is 0.277 e. The van der Waals surface area contributed by atoms with Crippen LogP contribution in [0.1, 0.15) is 10.5 Å². The first-order chi connectivity index (χ1) is 10.3. The van der Waals surface area contributed by atoms with Crippen LogP contribution in [0.2, 0.25) is 0 Å². The normalized spacial score (nSPS) is 10.5. The summed E-state index contributed by atoms with van der Waals surface area (Å²) < 4.78 is 10.3. The van der Waals surface area contributed by atoms with Crippen LogP contribution < -0.4 is 5.32 Å². The van der Waals surface area contributed by atoms with Crippen LogP contribution in [-0.2, 0) is 0 Å². The van der Waals surface area contributed by atoms with Gasteiger partial charge in [0.15, 0.2) is 11.5 Å². The van der Waals surface area contributed by atoms with E-state index in [1.54, 1.807) is 30.0 Å². The summed E-state index contributed by atoms with van der Waals surface area (Å²) >= 11 is 1.56. The SMILES string of the molecule is CSc1ccccc1NC(=O)c1cc(-c2ccco2)on1. The minimum atomic E-state index is -0.321. The Bertz CT molecular complexity index is 750. The van der Waals surface area contributed by atoms with Crippen molar-refractivity contribution >= 4 is 23.4 Å². The summed E-state index contributed by atoms with van der Waals surface area (Å²) in [4.78, 5) is 13.2. The quantitative estimate of drug-likeness (QED) is 0.740. The topological polar surface area (TPSA) is 68.3 Å². The summed E-state index contributed by atoms with van der Waals surface area (Å²) in [5.41, 5.74) is 0.954. The summed E-state index contributed by atoms with van der Waals surface area (Å²) in [6.07, 6.45) is 3.49. The van der Waals surface area contributed by atoms with E-state index < -0.39 is 0 Å². The van der Waals surface area contributed by atoms with Crippen LogP contribution in [0.5, 0.6) is 0 Å². The first-order valence-corrected chi connectivity index (χ1v) is 7.45. The lowest BCUT2D eigenvalue weighted by Gasteiger charge is -2.07. The number of rotatable bonds is 4. The summed E-state index contributed by atoms with van der Waals surface area (Å²) in [5, 5.41) is 6.59. The molecule has 0 unspecified atom stereocenters. The van der Waals surface area contributed by atoms with Crippen molar-refractivity contribution in [3.8, 4) is 11.5 Å². The van der Waals surface area contributed by atoms with Gasteiger partial charge in [-0.15, -0.1) is 11.8 Å². The summed E-state index contributed by atoms with van der Waals surface area (Å²) in [6, 6.07) is 12.6. The predicted octanol–water partition coefficient (Wildman–Crippen LogP) is 3.91. The number of hydrogen-bond donors (Lipinski definition) is 1. The Morgan fingerprint density at radius 2 is 2.05 bits per heavy atom. The Morgan fingerprint density at radius 1 is 1.19 bits per heavy atom. The number of amides is 1. The number of thioether (sulfide) groups is 1. The fourth-order valence-electron chi connectivity index (χ4n) is 1.85. The number of nitrogens with zero attached hydrogens (tertiary/aromatic N) is 1. The van der Waals surface area contributed by atoms with E-state index >= 15 is 0 Å². The highest BCUT2D eigenvalue weighted by Crippen LogP contribution is 2.26. The zero-order valence-electron chi connectivity index (χ0n) is 11.2. The van der Waals surface area contributed by atoms with Gasteiger partial charge in [-0.2, -0.15) is 0 Å².